The lowest BCUT2D eigenvalue weighted by molar-refractivity contribution is -0.136. The summed E-state index contributed by atoms with van der Waals surface area (Å²) < 4.78 is 5.27. The highest BCUT2D eigenvalue weighted by molar-refractivity contribution is 6.39. The minimum atomic E-state index is -0.660. The van der Waals surface area contributed by atoms with Crippen molar-refractivity contribution in [2.45, 2.75) is 20.3 Å². The monoisotopic (exact) mass is 250 g/mol. The number of carbonyl (C=O) groups excluding carboxylic acids is 2. The maximum atomic E-state index is 11.5. The molecule has 0 saturated heterocycles. The van der Waals surface area contributed by atoms with Gasteiger partial charge in [-0.15, -0.1) is 0 Å². The molecule has 1 aromatic rings. The first-order valence-corrected chi connectivity index (χ1v) is 5.99. The van der Waals surface area contributed by atoms with Crippen molar-refractivity contribution in [3.8, 4) is 5.75 Å². The van der Waals surface area contributed by atoms with E-state index in [1.54, 1.807) is 24.3 Å². The van der Waals surface area contributed by atoms with Crippen molar-refractivity contribution in [3.05, 3.63) is 24.3 Å². The van der Waals surface area contributed by atoms with Gasteiger partial charge in [0.15, 0.2) is 0 Å². The molecule has 5 heteroatoms. The molecule has 1 rings (SSSR count). The molecule has 1 aromatic carbocycles. The Bertz CT molecular complexity index is 401. The Morgan fingerprint density at radius 3 is 2.33 bits per heavy atom. The zero-order valence-electron chi connectivity index (χ0n) is 10.7. The van der Waals surface area contributed by atoms with Gasteiger partial charge in [-0.05, 0) is 37.6 Å². The van der Waals surface area contributed by atoms with Gasteiger partial charge in [-0.2, -0.15) is 0 Å². The van der Waals surface area contributed by atoms with Gasteiger partial charge >= 0.3 is 11.8 Å². The fraction of sp³-hybridized carbons (Fsp3) is 0.385. The van der Waals surface area contributed by atoms with Crippen LogP contribution in [0.3, 0.4) is 0 Å². The molecular formula is C13H18N2O3. The number of benzene rings is 1. The second kappa shape index (κ2) is 7.32. The van der Waals surface area contributed by atoms with Gasteiger partial charge < -0.3 is 15.4 Å². The van der Waals surface area contributed by atoms with E-state index < -0.39 is 11.8 Å². The molecule has 0 aromatic heterocycles. The first kappa shape index (κ1) is 14.0. The minimum Gasteiger partial charge on any atom is -0.494 e. The summed E-state index contributed by atoms with van der Waals surface area (Å²) in [5.41, 5.74) is 0.565. The van der Waals surface area contributed by atoms with Crippen molar-refractivity contribution >= 4 is 17.5 Å². The molecule has 0 saturated carbocycles. The highest BCUT2D eigenvalue weighted by Crippen LogP contribution is 2.15. The summed E-state index contributed by atoms with van der Waals surface area (Å²) >= 11 is 0. The quantitative estimate of drug-likeness (QED) is 0.779. The Kier molecular flexibility index (Phi) is 5.70. The standard InChI is InChI=1S/C13H18N2O3/c1-3-9-14-12(16)13(17)15-10-5-7-11(8-6-10)18-4-2/h5-8H,3-4,9H2,1-2H3,(H,14,16)(H,15,17). The highest BCUT2D eigenvalue weighted by atomic mass is 16.5. The lowest BCUT2D eigenvalue weighted by atomic mass is 10.3. The number of hydrogen-bond acceptors (Lipinski definition) is 3. The van der Waals surface area contributed by atoms with Crippen molar-refractivity contribution < 1.29 is 14.3 Å². The van der Waals surface area contributed by atoms with Crippen molar-refractivity contribution in [1.29, 1.82) is 0 Å². The molecule has 2 amide bonds. The average Bonchev–Trinajstić information content (AvgIpc) is 2.38. The number of hydrogen-bond donors (Lipinski definition) is 2. The van der Waals surface area contributed by atoms with Gasteiger partial charge in [-0.1, -0.05) is 6.92 Å². The smallest absolute Gasteiger partial charge is 0.313 e. The van der Waals surface area contributed by atoms with Crippen LogP contribution in [-0.2, 0) is 9.59 Å². The third-order valence-corrected chi connectivity index (χ3v) is 2.16. The Hall–Kier alpha value is -2.04. The third kappa shape index (κ3) is 4.45. The van der Waals surface area contributed by atoms with E-state index in [0.717, 1.165) is 12.2 Å². The van der Waals surface area contributed by atoms with Crippen molar-refractivity contribution in [2.75, 3.05) is 18.5 Å². The maximum absolute atomic E-state index is 11.5. The van der Waals surface area contributed by atoms with Crippen LogP contribution in [-0.4, -0.2) is 25.0 Å². The van der Waals surface area contributed by atoms with Gasteiger partial charge in [0.05, 0.1) is 6.61 Å². The van der Waals surface area contributed by atoms with Gasteiger partial charge in [0.2, 0.25) is 0 Å². The van der Waals surface area contributed by atoms with Gasteiger partial charge in [0.25, 0.3) is 0 Å². The molecule has 0 atom stereocenters. The first-order valence-electron chi connectivity index (χ1n) is 5.99. The summed E-state index contributed by atoms with van der Waals surface area (Å²) in [5, 5.41) is 5.02. The zero-order valence-corrected chi connectivity index (χ0v) is 10.7. The summed E-state index contributed by atoms with van der Waals surface area (Å²) in [4.78, 5) is 22.8. The fourth-order valence-corrected chi connectivity index (χ4v) is 1.31. The van der Waals surface area contributed by atoms with Crippen LogP contribution >= 0.6 is 0 Å². The van der Waals surface area contributed by atoms with E-state index in [1.165, 1.54) is 0 Å². The van der Waals surface area contributed by atoms with Crippen LogP contribution in [0.4, 0.5) is 5.69 Å². The van der Waals surface area contributed by atoms with E-state index >= 15 is 0 Å². The Balaban J connectivity index is 2.51. The third-order valence-electron chi connectivity index (χ3n) is 2.16. The molecule has 0 aliphatic carbocycles. The molecule has 18 heavy (non-hydrogen) atoms. The average molecular weight is 250 g/mol. The van der Waals surface area contributed by atoms with E-state index in [9.17, 15) is 9.59 Å². The van der Waals surface area contributed by atoms with Crippen molar-refractivity contribution in [1.82, 2.24) is 5.32 Å². The number of ether oxygens (including phenoxy) is 1. The van der Waals surface area contributed by atoms with Crippen molar-refractivity contribution in [3.63, 3.8) is 0 Å². The Morgan fingerprint density at radius 1 is 1.11 bits per heavy atom. The van der Waals surface area contributed by atoms with E-state index in [0.29, 0.717) is 18.8 Å². The van der Waals surface area contributed by atoms with Crippen LogP contribution in [0.15, 0.2) is 24.3 Å². The number of anilines is 1. The van der Waals surface area contributed by atoms with E-state index in [2.05, 4.69) is 10.6 Å². The van der Waals surface area contributed by atoms with E-state index in [1.807, 2.05) is 13.8 Å². The van der Waals surface area contributed by atoms with Crippen LogP contribution < -0.4 is 15.4 Å². The van der Waals surface area contributed by atoms with Crippen LogP contribution in [0, 0.1) is 0 Å². The largest absolute Gasteiger partial charge is 0.494 e. The van der Waals surface area contributed by atoms with Crippen LogP contribution in [0.25, 0.3) is 0 Å². The number of amides is 2. The van der Waals surface area contributed by atoms with Crippen LogP contribution in [0.2, 0.25) is 0 Å². The molecule has 0 fully saturated rings. The Morgan fingerprint density at radius 2 is 1.78 bits per heavy atom. The highest BCUT2D eigenvalue weighted by Gasteiger charge is 2.12. The van der Waals surface area contributed by atoms with Gasteiger partial charge in [-0.25, -0.2) is 0 Å². The fourth-order valence-electron chi connectivity index (χ4n) is 1.31. The number of rotatable bonds is 5. The normalized spacial score (nSPS) is 9.67. The van der Waals surface area contributed by atoms with Gasteiger partial charge in [-0.3, -0.25) is 9.59 Å². The van der Waals surface area contributed by atoms with Gasteiger partial charge in [0.1, 0.15) is 5.75 Å². The topological polar surface area (TPSA) is 67.4 Å². The molecule has 0 aliphatic rings. The molecule has 0 bridgehead atoms. The molecule has 0 radical (unpaired) electrons. The second-order valence-corrected chi connectivity index (χ2v) is 3.67. The number of nitrogens with one attached hydrogen (secondary N) is 2. The van der Waals surface area contributed by atoms with Gasteiger partial charge in [0, 0.05) is 12.2 Å². The molecule has 0 heterocycles. The van der Waals surface area contributed by atoms with E-state index in [-0.39, 0.29) is 0 Å². The minimum absolute atomic E-state index is 0.496. The molecule has 98 valence electrons. The van der Waals surface area contributed by atoms with Crippen molar-refractivity contribution in [2.24, 2.45) is 0 Å². The maximum Gasteiger partial charge on any atom is 0.313 e. The van der Waals surface area contributed by atoms with Crippen LogP contribution in [0.5, 0.6) is 5.75 Å². The first-order chi connectivity index (χ1) is 8.67. The molecular weight excluding hydrogens is 232 g/mol. The number of carbonyl (C=O) groups is 2. The summed E-state index contributed by atoms with van der Waals surface area (Å²) in [6.07, 6.45) is 0.794. The molecule has 5 nitrogen and oxygen atoms in total. The van der Waals surface area contributed by atoms with E-state index in [4.69, 9.17) is 4.74 Å². The lowest BCUT2D eigenvalue weighted by Gasteiger charge is -2.07. The Labute approximate surface area is 107 Å². The predicted octanol–water partition coefficient (Wildman–Crippen LogP) is 1.55. The lowest BCUT2D eigenvalue weighted by Crippen LogP contribution is -2.35. The predicted molar refractivity (Wildman–Crippen MR) is 69.5 cm³/mol. The molecule has 2 N–H and O–H groups in total. The van der Waals surface area contributed by atoms with Crippen LogP contribution in [0.1, 0.15) is 20.3 Å². The zero-order chi connectivity index (χ0) is 13.4. The summed E-state index contributed by atoms with van der Waals surface area (Å²) in [5.74, 6) is -0.552. The summed E-state index contributed by atoms with van der Waals surface area (Å²) in [6.45, 7) is 4.90. The summed E-state index contributed by atoms with van der Waals surface area (Å²) in [6, 6.07) is 6.86. The second-order valence-electron chi connectivity index (χ2n) is 3.67. The molecule has 0 spiro atoms. The molecule has 0 aliphatic heterocycles. The SMILES string of the molecule is CCCNC(=O)C(=O)Nc1ccc(OCC)cc1. The molecule has 0 unspecified atom stereocenters. The summed E-state index contributed by atoms with van der Waals surface area (Å²) in [7, 11) is 0.